The van der Waals surface area contributed by atoms with Gasteiger partial charge in [-0.3, -0.25) is 4.55 Å². The van der Waals surface area contributed by atoms with Crippen LogP contribution in [0.25, 0.3) is 0 Å². The zero-order valence-corrected chi connectivity index (χ0v) is 27.2. The number of hydrogen-bond acceptors (Lipinski definition) is 5. The molecule has 1 fully saturated rings. The van der Waals surface area contributed by atoms with Crippen molar-refractivity contribution in [1.82, 2.24) is 0 Å². The van der Waals surface area contributed by atoms with Crippen LogP contribution < -0.4 is 4.74 Å². The summed E-state index contributed by atoms with van der Waals surface area (Å²) in [5.41, 5.74) is -0.117. The van der Waals surface area contributed by atoms with Crippen LogP contribution in [0.4, 0.5) is 17.6 Å². The monoisotopic (exact) mass is 657 g/mol. The van der Waals surface area contributed by atoms with Crippen LogP contribution in [0.2, 0.25) is 0 Å². The van der Waals surface area contributed by atoms with Gasteiger partial charge in [0.25, 0.3) is 5.92 Å². The predicted octanol–water partition coefficient (Wildman–Crippen LogP) is 7.96. The lowest BCUT2D eigenvalue weighted by atomic mass is 9.87. The highest BCUT2D eigenvalue weighted by Crippen LogP contribution is 2.45. The maximum Gasteiger partial charge on any atom is 0.405 e. The predicted molar refractivity (Wildman–Crippen MR) is 160 cm³/mol. The molecule has 1 N–H and O–H groups in total. The largest absolute Gasteiger partial charge is 0.483 e. The summed E-state index contributed by atoms with van der Waals surface area (Å²) in [5, 5.41) is -4.50. The average Bonchev–Trinajstić information content (AvgIpc) is 2.91. The number of halogens is 4. The Hall–Kier alpha value is -2.64. The van der Waals surface area contributed by atoms with Crippen molar-refractivity contribution in [3.05, 3.63) is 83.9 Å². The molecule has 0 radical (unpaired) electrons. The topological polar surface area (TPSA) is 82.1 Å². The highest BCUT2D eigenvalue weighted by Gasteiger charge is 2.57. The van der Waals surface area contributed by atoms with E-state index in [0.29, 0.717) is 5.56 Å². The summed E-state index contributed by atoms with van der Waals surface area (Å²) in [4.78, 5) is 2.64. The first-order chi connectivity index (χ1) is 20.1. The first-order valence-corrected chi connectivity index (χ1v) is 16.5. The first kappa shape index (κ1) is 34.2. The van der Waals surface area contributed by atoms with E-state index in [9.17, 15) is 26.0 Å². The fourth-order valence-electron chi connectivity index (χ4n) is 4.67. The van der Waals surface area contributed by atoms with Gasteiger partial charge in [0, 0.05) is 5.56 Å². The molecule has 0 saturated carbocycles. The minimum absolute atomic E-state index is 0.00881. The second-order valence-corrected chi connectivity index (χ2v) is 15.9. The zero-order valence-electron chi connectivity index (χ0n) is 25.5. The molecule has 44 heavy (non-hydrogen) atoms. The van der Waals surface area contributed by atoms with Crippen molar-refractivity contribution >= 4 is 21.0 Å². The van der Waals surface area contributed by atoms with Crippen molar-refractivity contribution in [1.29, 1.82) is 0 Å². The zero-order chi connectivity index (χ0) is 32.9. The normalized spacial score (nSPS) is 21.8. The van der Waals surface area contributed by atoms with Crippen molar-refractivity contribution < 1.29 is 44.7 Å². The molecular formula is C32H37F4O6S2+. The molecule has 3 atom stereocenters. The van der Waals surface area contributed by atoms with Crippen molar-refractivity contribution in [2.75, 3.05) is 6.61 Å². The molecule has 3 aromatic rings. The van der Waals surface area contributed by atoms with Crippen LogP contribution in [0.5, 0.6) is 5.75 Å². The Morgan fingerprint density at radius 2 is 1.32 bits per heavy atom. The van der Waals surface area contributed by atoms with Crippen molar-refractivity contribution in [3.63, 3.8) is 0 Å². The maximum absolute atomic E-state index is 14.4. The van der Waals surface area contributed by atoms with Crippen LogP contribution in [0, 0.1) is 0 Å². The Morgan fingerprint density at radius 1 is 0.864 bits per heavy atom. The summed E-state index contributed by atoms with van der Waals surface area (Å²) >= 11 is 0. The van der Waals surface area contributed by atoms with E-state index in [1.54, 1.807) is 31.2 Å². The van der Waals surface area contributed by atoms with Gasteiger partial charge in [0.15, 0.2) is 26.6 Å². The van der Waals surface area contributed by atoms with E-state index >= 15 is 0 Å². The number of ether oxygens (including phenoxy) is 3. The lowest BCUT2D eigenvalue weighted by molar-refractivity contribution is -0.390. The van der Waals surface area contributed by atoms with Crippen LogP contribution in [0.15, 0.2) is 87.5 Å². The third kappa shape index (κ3) is 6.79. The van der Waals surface area contributed by atoms with E-state index in [-0.39, 0.29) is 11.2 Å². The molecule has 0 spiro atoms. The molecule has 1 heterocycles. The van der Waals surface area contributed by atoms with Crippen LogP contribution in [-0.4, -0.2) is 42.5 Å². The van der Waals surface area contributed by atoms with Crippen LogP contribution in [0.1, 0.15) is 59.6 Å². The first-order valence-electron chi connectivity index (χ1n) is 13.9. The van der Waals surface area contributed by atoms with E-state index in [4.69, 9.17) is 18.8 Å². The summed E-state index contributed by atoms with van der Waals surface area (Å²) in [6.07, 6.45) is -2.14. The van der Waals surface area contributed by atoms with E-state index < -0.39 is 56.3 Å². The standard InChI is InChI=1S/C32H36F4O6S2/c1-21(32(35,36)44(37,38)39)41-24-12-18-27(19-13-24)43(25-14-8-22(9-15-25)28(2,3)4)26-16-10-23(11-17-26)30(7)40-20-31(33,34)29(5,6)42-30/h8-19,21H,20H2,1-7H3/p+1. The number of hydrogen-bond donors (Lipinski definition) is 1. The van der Waals surface area contributed by atoms with Gasteiger partial charge in [0.05, 0.1) is 10.9 Å². The Labute approximate surface area is 258 Å². The smallest absolute Gasteiger partial charge is 0.405 e. The number of benzene rings is 3. The van der Waals surface area contributed by atoms with Gasteiger partial charge in [0.2, 0.25) is 0 Å². The molecule has 1 aliphatic rings. The van der Waals surface area contributed by atoms with E-state index in [2.05, 4.69) is 20.8 Å². The molecule has 3 aromatic carbocycles. The van der Waals surface area contributed by atoms with Gasteiger partial charge >= 0.3 is 15.4 Å². The average molecular weight is 658 g/mol. The van der Waals surface area contributed by atoms with Crippen LogP contribution in [-0.2, 0) is 41.7 Å². The second kappa shape index (κ2) is 11.6. The van der Waals surface area contributed by atoms with Crippen LogP contribution >= 0.6 is 0 Å². The molecular weight excluding hydrogens is 620 g/mol. The Bertz CT molecular complexity index is 1570. The molecule has 1 saturated heterocycles. The molecule has 1 aliphatic heterocycles. The van der Waals surface area contributed by atoms with Gasteiger partial charge < -0.3 is 14.2 Å². The highest BCUT2D eigenvalue weighted by atomic mass is 32.2. The van der Waals surface area contributed by atoms with Gasteiger partial charge in [-0.2, -0.15) is 17.2 Å². The van der Waals surface area contributed by atoms with Gasteiger partial charge in [-0.1, -0.05) is 32.9 Å². The highest BCUT2D eigenvalue weighted by molar-refractivity contribution is 7.97. The second-order valence-electron chi connectivity index (χ2n) is 12.4. The summed E-state index contributed by atoms with van der Waals surface area (Å²) < 4.78 is 104. The Balaban J connectivity index is 1.69. The Kier molecular flexibility index (Phi) is 9.04. The molecule has 0 amide bonds. The van der Waals surface area contributed by atoms with Crippen molar-refractivity contribution in [2.45, 2.75) is 97.2 Å². The fraction of sp³-hybridized carbons (Fsp3) is 0.438. The summed E-state index contributed by atoms with van der Waals surface area (Å²) in [6.45, 7) is 10.7. The molecule has 0 bridgehead atoms. The lowest BCUT2D eigenvalue weighted by Gasteiger charge is -2.47. The van der Waals surface area contributed by atoms with E-state index in [0.717, 1.165) is 27.2 Å². The summed E-state index contributed by atoms with van der Waals surface area (Å²) in [7, 11) is -6.37. The molecule has 6 nitrogen and oxygen atoms in total. The minimum Gasteiger partial charge on any atom is -0.483 e. The minimum atomic E-state index is -5.67. The van der Waals surface area contributed by atoms with Crippen LogP contribution in [0.3, 0.4) is 0 Å². The third-order valence-corrected chi connectivity index (χ3v) is 10.9. The fourth-order valence-corrected chi connectivity index (χ4v) is 7.17. The Morgan fingerprint density at radius 3 is 1.75 bits per heavy atom. The number of alkyl halides is 4. The molecule has 0 aromatic heterocycles. The quantitative estimate of drug-likeness (QED) is 0.150. The molecule has 3 unspecified atom stereocenters. The molecule has 12 heteroatoms. The summed E-state index contributed by atoms with van der Waals surface area (Å²) in [5.74, 6) is -4.56. The number of rotatable bonds is 8. The van der Waals surface area contributed by atoms with E-state index in [1.165, 1.54) is 26.0 Å². The van der Waals surface area contributed by atoms with Gasteiger partial charge in [-0.15, -0.1) is 0 Å². The van der Waals surface area contributed by atoms with Crippen molar-refractivity contribution in [3.8, 4) is 5.75 Å². The molecule has 240 valence electrons. The SMILES string of the molecule is CC(Oc1ccc([S+](c2ccc(C(C)(C)C)cc2)c2ccc(C3(C)OCC(F)(F)C(C)(C)O3)cc2)cc1)C(F)(F)S(=O)(=O)O. The molecule has 0 aliphatic carbocycles. The summed E-state index contributed by atoms with van der Waals surface area (Å²) in [6, 6.07) is 21.7. The van der Waals surface area contributed by atoms with Gasteiger partial charge in [-0.25, -0.2) is 8.78 Å². The van der Waals surface area contributed by atoms with Gasteiger partial charge in [0.1, 0.15) is 18.0 Å². The van der Waals surface area contributed by atoms with E-state index in [1.807, 2.05) is 36.4 Å². The maximum atomic E-state index is 14.4. The lowest BCUT2D eigenvalue weighted by Crippen LogP contribution is -2.58. The van der Waals surface area contributed by atoms with Gasteiger partial charge in [-0.05, 0) is 99.3 Å². The third-order valence-electron chi connectivity index (χ3n) is 7.62. The van der Waals surface area contributed by atoms with Crippen molar-refractivity contribution in [2.24, 2.45) is 0 Å². The molecule has 4 rings (SSSR count).